The lowest BCUT2D eigenvalue weighted by atomic mass is 9.93. The summed E-state index contributed by atoms with van der Waals surface area (Å²) in [7, 11) is 0. The Morgan fingerprint density at radius 1 is 1.18 bits per heavy atom. The molecule has 4 rings (SSSR count). The van der Waals surface area contributed by atoms with Crippen molar-refractivity contribution >= 4 is 17.8 Å². The average Bonchev–Trinajstić information content (AvgIpc) is 3.62. The van der Waals surface area contributed by atoms with Gasteiger partial charge in [0, 0.05) is 17.6 Å². The molecular formula is C25H29FN4O3. The number of amides is 4. The van der Waals surface area contributed by atoms with E-state index < -0.39 is 23.4 Å². The molecule has 0 radical (unpaired) electrons. The van der Waals surface area contributed by atoms with Crippen LogP contribution in [0.3, 0.4) is 0 Å². The third kappa shape index (κ3) is 5.06. The Morgan fingerprint density at radius 2 is 1.85 bits per heavy atom. The zero-order valence-corrected chi connectivity index (χ0v) is 18.9. The van der Waals surface area contributed by atoms with Gasteiger partial charge in [0.05, 0.1) is 6.54 Å². The van der Waals surface area contributed by atoms with E-state index in [0.717, 1.165) is 23.4 Å². The summed E-state index contributed by atoms with van der Waals surface area (Å²) < 4.78 is 14.3. The minimum atomic E-state index is -1.10. The van der Waals surface area contributed by atoms with Gasteiger partial charge in [0.1, 0.15) is 11.4 Å². The molecule has 2 aliphatic rings. The number of carbonyl (C=O) groups is 3. The van der Waals surface area contributed by atoms with Gasteiger partial charge < -0.3 is 5.32 Å². The molecule has 2 aromatic rings. The van der Waals surface area contributed by atoms with Crippen LogP contribution in [0, 0.1) is 5.82 Å². The lowest BCUT2D eigenvalue weighted by molar-refractivity contribution is -0.139. The smallest absolute Gasteiger partial charge is 0.322 e. The van der Waals surface area contributed by atoms with Crippen molar-refractivity contribution < 1.29 is 18.8 Å². The largest absolute Gasteiger partial charge is 0.344 e. The maximum atomic E-state index is 14.3. The fourth-order valence-corrected chi connectivity index (χ4v) is 4.30. The van der Waals surface area contributed by atoms with Crippen molar-refractivity contribution in [1.82, 2.24) is 20.7 Å². The quantitative estimate of drug-likeness (QED) is 0.572. The number of imide groups is 1. The molecular weight excluding hydrogens is 423 g/mol. The summed E-state index contributed by atoms with van der Waals surface area (Å²) >= 11 is 0. The van der Waals surface area contributed by atoms with E-state index in [9.17, 15) is 18.8 Å². The van der Waals surface area contributed by atoms with Crippen LogP contribution in [0.1, 0.15) is 50.3 Å². The summed E-state index contributed by atoms with van der Waals surface area (Å²) in [6.07, 6.45) is 2.87. The first-order chi connectivity index (χ1) is 15.8. The summed E-state index contributed by atoms with van der Waals surface area (Å²) in [5.41, 5.74) is 2.94. The van der Waals surface area contributed by atoms with Gasteiger partial charge in [0.25, 0.3) is 11.8 Å². The molecule has 4 amide bonds. The van der Waals surface area contributed by atoms with Crippen LogP contribution in [0.15, 0.2) is 54.6 Å². The van der Waals surface area contributed by atoms with E-state index in [2.05, 4.69) is 10.7 Å². The number of aryl methyl sites for hydroxylation is 1. The van der Waals surface area contributed by atoms with Crippen molar-refractivity contribution in [2.24, 2.45) is 0 Å². The standard InChI is InChI=1S/C25H29FN4O3/c1-17(20-10-6-7-11-21(20)26)29(19-12-13-19)16-22(31)28-30-23(32)25(2,27-24(30)33)15-14-18-8-4-3-5-9-18/h3-11,17,19H,12-16H2,1-2H3,(H,27,33)(H,28,31). The SMILES string of the molecule is CC(c1ccccc1F)N(CC(=O)NN1C(=O)NC(C)(CCc2ccccc2)C1=O)C1CC1. The first-order valence-corrected chi connectivity index (χ1v) is 11.3. The van der Waals surface area contributed by atoms with Crippen LogP contribution in [-0.4, -0.2) is 45.9 Å². The number of hydrogen-bond acceptors (Lipinski definition) is 4. The van der Waals surface area contributed by atoms with Gasteiger partial charge in [0.2, 0.25) is 0 Å². The van der Waals surface area contributed by atoms with E-state index in [-0.39, 0.29) is 24.4 Å². The highest BCUT2D eigenvalue weighted by Gasteiger charge is 2.48. The number of halogens is 1. The van der Waals surface area contributed by atoms with Crippen LogP contribution >= 0.6 is 0 Å². The van der Waals surface area contributed by atoms with E-state index in [1.807, 2.05) is 42.2 Å². The molecule has 2 fully saturated rings. The lowest BCUT2D eigenvalue weighted by Gasteiger charge is -2.29. The summed E-state index contributed by atoms with van der Waals surface area (Å²) in [6, 6.07) is 15.4. The average molecular weight is 453 g/mol. The first-order valence-electron chi connectivity index (χ1n) is 11.3. The Hall–Kier alpha value is -3.26. The summed E-state index contributed by atoms with van der Waals surface area (Å²) in [4.78, 5) is 40.2. The maximum absolute atomic E-state index is 14.3. The highest BCUT2D eigenvalue weighted by atomic mass is 19.1. The van der Waals surface area contributed by atoms with Crippen LogP contribution in [0.25, 0.3) is 0 Å². The normalized spacial score (nSPS) is 21.3. The fraction of sp³-hybridized carbons (Fsp3) is 0.400. The molecule has 1 aliphatic carbocycles. The summed E-state index contributed by atoms with van der Waals surface area (Å²) in [6.45, 7) is 3.48. The van der Waals surface area contributed by atoms with E-state index in [4.69, 9.17) is 0 Å². The van der Waals surface area contributed by atoms with Crippen molar-refractivity contribution in [3.63, 3.8) is 0 Å². The van der Waals surface area contributed by atoms with Crippen molar-refractivity contribution in [2.75, 3.05) is 6.54 Å². The van der Waals surface area contributed by atoms with E-state index in [1.54, 1.807) is 25.1 Å². The molecule has 1 saturated heterocycles. The second kappa shape index (κ2) is 9.31. The molecule has 7 nitrogen and oxygen atoms in total. The van der Waals surface area contributed by atoms with Gasteiger partial charge in [-0.05, 0) is 51.2 Å². The van der Waals surface area contributed by atoms with Gasteiger partial charge in [-0.15, -0.1) is 0 Å². The molecule has 1 heterocycles. The van der Waals surface area contributed by atoms with E-state index in [0.29, 0.717) is 18.4 Å². The number of rotatable bonds is 9. The molecule has 2 aromatic carbocycles. The van der Waals surface area contributed by atoms with Gasteiger partial charge in [-0.25, -0.2) is 9.18 Å². The van der Waals surface area contributed by atoms with Crippen LogP contribution in [-0.2, 0) is 16.0 Å². The zero-order chi connectivity index (χ0) is 23.6. The molecule has 0 bridgehead atoms. The number of hydrazine groups is 1. The Bertz CT molecular complexity index is 1040. The molecule has 1 aliphatic heterocycles. The molecule has 0 spiro atoms. The minimum absolute atomic E-state index is 0.0437. The monoisotopic (exact) mass is 452 g/mol. The second-order valence-electron chi connectivity index (χ2n) is 9.02. The van der Waals surface area contributed by atoms with Crippen molar-refractivity contribution in [1.29, 1.82) is 0 Å². The Balaban J connectivity index is 1.39. The fourth-order valence-electron chi connectivity index (χ4n) is 4.30. The molecule has 1 saturated carbocycles. The number of nitrogens with one attached hydrogen (secondary N) is 2. The number of hydrogen-bond donors (Lipinski definition) is 2. The van der Waals surface area contributed by atoms with E-state index >= 15 is 0 Å². The maximum Gasteiger partial charge on any atom is 0.344 e. The molecule has 2 atom stereocenters. The Kier molecular flexibility index (Phi) is 6.47. The van der Waals surface area contributed by atoms with Gasteiger partial charge >= 0.3 is 6.03 Å². The third-order valence-corrected chi connectivity index (χ3v) is 6.45. The zero-order valence-electron chi connectivity index (χ0n) is 18.9. The number of carbonyl (C=O) groups excluding carboxylic acids is 3. The Morgan fingerprint density at radius 3 is 2.52 bits per heavy atom. The van der Waals surface area contributed by atoms with Crippen LogP contribution in [0.4, 0.5) is 9.18 Å². The number of benzene rings is 2. The van der Waals surface area contributed by atoms with Crippen LogP contribution in [0.2, 0.25) is 0 Å². The van der Waals surface area contributed by atoms with Gasteiger partial charge in [0.15, 0.2) is 0 Å². The van der Waals surface area contributed by atoms with E-state index in [1.165, 1.54) is 6.07 Å². The van der Waals surface area contributed by atoms with Gasteiger partial charge in [-0.2, -0.15) is 5.01 Å². The predicted octanol–water partition coefficient (Wildman–Crippen LogP) is 3.33. The first kappa shape index (κ1) is 22.9. The number of urea groups is 1. The van der Waals surface area contributed by atoms with Gasteiger partial charge in [-0.3, -0.25) is 19.9 Å². The van der Waals surface area contributed by atoms with Crippen molar-refractivity contribution in [3.05, 3.63) is 71.5 Å². The molecule has 174 valence electrons. The lowest BCUT2D eigenvalue weighted by Crippen LogP contribution is -2.51. The Labute approximate surface area is 192 Å². The highest BCUT2D eigenvalue weighted by molar-refractivity contribution is 6.07. The molecule has 2 N–H and O–H groups in total. The molecule has 33 heavy (non-hydrogen) atoms. The summed E-state index contributed by atoms with van der Waals surface area (Å²) in [5.74, 6) is -1.29. The number of nitrogens with zero attached hydrogens (tertiary/aromatic N) is 2. The second-order valence-corrected chi connectivity index (χ2v) is 9.02. The van der Waals surface area contributed by atoms with Crippen LogP contribution in [0.5, 0.6) is 0 Å². The molecule has 8 heteroatoms. The predicted molar refractivity (Wildman–Crippen MR) is 121 cm³/mol. The third-order valence-electron chi connectivity index (χ3n) is 6.45. The highest BCUT2D eigenvalue weighted by Crippen LogP contribution is 2.34. The minimum Gasteiger partial charge on any atom is -0.322 e. The van der Waals surface area contributed by atoms with Crippen LogP contribution < -0.4 is 10.7 Å². The van der Waals surface area contributed by atoms with Crippen molar-refractivity contribution in [2.45, 2.75) is 57.2 Å². The summed E-state index contributed by atoms with van der Waals surface area (Å²) in [5, 5.41) is 3.48. The van der Waals surface area contributed by atoms with Gasteiger partial charge in [-0.1, -0.05) is 48.5 Å². The topological polar surface area (TPSA) is 81.8 Å². The molecule has 0 aromatic heterocycles. The molecule has 2 unspecified atom stereocenters. The van der Waals surface area contributed by atoms with Crippen molar-refractivity contribution in [3.8, 4) is 0 Å².